The number of carbonyl (C=O) groups excluding carboxylic acids is 1. The van der Waals surface area contributed by atoms with Gasteiger partial charge in [0.25, 0.3) is 0 Å². The third kappa shape index (κ3) is 2.42. The van der Waals surface area contributed by atoms with Crippen LogP contribution in [0.5, 0.6) is 0 Å². The quantitative estimate of drug-likeness (QED) is 0.631. The van der Waals surface area contributed by atoms with E-state index in [9.17, 15) is 4.79 Å². The molecule has 0 spiro atoms. The van der Waals surface area contributed by atoms with Crippen LogP contribution in [0, 0.1) is 10.2 Å². The highest BCUT2D eigenvalue weighted by Crippen LogP contribution is 2.18. The van der Waals surface area contributed by atoms with Gasteiger partial charge in [-0.05, 0) is 26.1 Å². The SMILES string of the molecule is CC(C)(Cn1c(CO)n[nH]c1=S)C(N)=O. The summed E-state index contributed by atoms with van der Waals surface area (Å²) < 4.78 is 1.94. The molecule has 1 heterocycles. The van der Waals surface area contributed by atoms with Crippen LogP contribution < -0.4 is 5.73 Å². The molecule has 1 aromatic rings. The largest absolute Gasteiger partial charge is 0.388 e. The van der Waals surface area contributed by atoms with Gasteiger partial charge in [-0.15, -0.1) is 0 Å². The van der Waals surface area contributed by atoms with Gasteiger partial charge in [-0.2, -0.15) is 5.10 Å². The van der Waals surface area contributed by atoms with Gasteiger partial charge in [0.2, 0.25) is 5.91 Å². The molecule has 15 heavy (non-hydrogen) atoms. The minimum atomic E-state index is -0.730. The average Bonchev–Trinajstić information content (AvgIpc) is 2.47. The summed E-state index contributed by atoms with van der Waals surface area (Å²) in [4.78, 5) is 11.1. The van der Waals surface area contributed by atoms with Gasteiger partial charge in [0.05, 0.1) is 5.41 Å². The second-order valence-corrected chi connectivity index (χ2v) is 4.32. The molecule has 0 aromatic carbocycles. The van der Waals surface area contributed by atoms with E-state index in [1.54, 1.807) is 18.4 Å². The lowest BCUT2D eigenvalue weighted by Gasteiger charge is -2.21. The van der Waals surface area contributed by atoms with Crippen LogP contribution in [0.2, 0.25) is 0 Å². The molecule has 1 rings (SSSR count). The maximum absolute atomic E-state index is 11.1. The molecule has 0 saturated heterocycles. The zero-order chi connectivity index (χ0) is 11.6. The van der Waals surface area contributed by atoms with Gasteiger partial charge < -0.3 is 15.4 Å². The van der Waals surface area contributed by atoms with Crippen LogP contribution in [-0.4, -0.2) is 25.8 Å². The smallest absolute Gasteiger partial charge is 0.224 e. The predicted molar refractivity (Wildman–Crippen MR) is 56.3 cm³/mol. The lowest BCUT2D eigenvalue weighted by Crippen LogP contribution is -2.35. The van der Waals surface area contributed by atoms with Gasteiger partial charge in [-0.1, -0.05) is 0 Å². The molecule has 4 N–H and O–H groups in total. The normalized spacial score (nSPS) is 11.7. The van der Waals surface area contributed by atoms with Crippen molar-refractivity contribution in [2.24, 2.45) is 11.1 Å². The minimum absolute atomic E-state index is 0.234. The molecule has 0 aliphatic rings. The number of H-pyrrole nitrogens is 1. The van der Waals surface area contributed by atoms with Crippen molar-refractivity contribution < 1.29 is 9.90 Å². The Morgan fingerprint density at radius 1 is 1.73 bits per heavy atom. The number of aliphatic hydroxyl groups excluding tert-OH is 1. The number of hydrogen-bond donors (Lipinski definition) is 3. The number of amides is 1. The summed E-state index contributed by atoms with van der Waals surface area (Å²) >= 11 is 4.98. The Balaban J connectivity index is 3.03. The van der Waals surface area contributed by atoms with Crippen LogP contribution in [0.25, 0.3) is 0 Å². The Morgan fingerprint density at radius 3 is 2.80 bits per heavy atom. The number of nitrogens with two attached hydrogens (primary N) is 1. The number of aliphatic hydroxyl groups is 1. The number of nitrogens with zero attached hydrogens (tertiary/aromatic N) is 2. The Bertz CT molecular complexity index is 421. The molecular formula is C8H14N4O2S. The average molecular weight is 230 g/mol. The van der Waals surface area contributed by atoms with E-state index in [4.69, 9.17) is 23.1 Å². The number of hydrogen-bond acceptors (Lipinski definition) is 4. The fourth-order valence-corrected chi connectivity index (χ4v) is 1.32. The summed E-state index contributed by atoms with van der Waals surface area (Å²) in [6.45, 7) is 3.49. The first-order valence-electron chi connectivity index (χ1n) is 4.43. The van der Waals surface area contributed by atoms with Crippen molar-refractivity contribution in [1.82, 2.24) is 14.8 Å². The van der Waals surface area contributed by atoms with Gasteiger partial charge >= 0.3 is 0 Å². The fourth-order valence-electron chi connectivity index (χ4n) is 1.11. The van der Waals surface area contributed by atoms with E-state index in [1.165, 1.54) is 0 Å². The molecule has 0 radical (unpaired) electrons. The number of rotatable bonds is 4. The molecule has 0 unspecified atom stereocenters. The summed E-state index contributed by atoms with van der Waals surface area (Å²) in [7, 11) is 0. The molecular weight excluding hydrogens is 216 g/mol. The van der Waals surface area contributed by atoms with E-state index < -0.39 is 11.3 Å². The summed E-state index contributed by atoms with van der Waals surface area (Å²) in [5.41, 5.74) is 4.52. The Labute approximate surface area is 92.1 Å². The summed E-state index contributed by atoms with van der Waals surface area (Å²) in [6.07, 6.45) is 0. The first-order chi connectivity index (χ1) is 6.88. The number of aromatic nitrogens is 3. The second-order valence-electron chi connectivity index (χ2n) is 3.94. The summed E-state index contributed by atoms with van der Waals surface area (Å²) in [6, 6.07) is 0. The zero-order valence-corrected chi connectivity index (χ0v) is 9.47. The first kappa shape index (κ1) is 11.9. The van der Waals surface area contributed by atoms with Gasteiger partial charge in [-0.3, -0.25) is 9.89 Å². The van der Waals surface area contributed by atoms with Crippen molar-refractivity contribution in [2.45, 2.75) is 27.0 Å². The summed E-state index contributed by atoms with van der Waals surface area (Å²) in [5.74, 6) is -0.0242. The molecule has 1 aromatic heterocycles. The fraction of sp³-hybridized carbons (Fsp3) is 0.625. The number of nitrogens with one attached hydrogen (secondary N) is 1. The Kier molecular flexibility index (Phi) is 3.25. The van der Waals surface area contributed by atoms with E-state index in [0.717, 1.165) is 0 Å². The topological polar surface area (TPSA) is 96.9 Å². The Morgan fingerprint density at radius 2 is 2.33 bits per heavy atom. The standard InChI is InChI=1S/C8H14N4O2S/c1-8(2,6(9)14)4-12-5(3-13)10-11-7(12)15/h13H,3-4H2,1-2H3,(H2,9,14)(H,11,15). The lowest BCUT2D eigenvalue weighted by molar-refractivity contribution is -0.126. The van der Waals surface area contributed by atoms with Crippen LogP contribution in [0.3, 0.4) is 0 Å². The van der Waals surface area contributed by atoms with Gasteiger partial charge in [0, 0.05) is 6.54 Å². The van der Waals surface area contributed by atoms with Crippen molar-refractivity contribution in [3.05, 3.63) is 10.6 Å². The number of aromatic amines is 1. The van der Waals surface area contributed by atoms with E-state index in [2.05, 4.69) is 10.2 Å². The molecule has 7 heteroatoms. The van der Waals surface area contributed by atoms with Crippen LogP contribution in [0.4, 0.5) is 0 Å². The number of carbonyl (C=O) groups is 1. The maximum Gasteiger partial charge on any atom is 0.224 e. The zero-order valence-electron chi connectivity index (χ0n) is 8.65. The van der Waals surface area contributed by atoms with Crippen molar-refractivity contribution in [1.29, 1.82) is 0 Å². The molecule has 0 aliphatic carbocycles. The highest BCUT2D eigenvalue weighted by Gasteiger charge is 2.26. The lowest BCUT2D eigenvalue weighted by atomic mass is 9.93. The van der Waals surface area contributed by atoms with Crippen molar-refractivity contribution in [2.75, 3.05) is 0 Å². The molecule has 0 bridgehead atoms. The molecule has 84 valence electrons. The third-order valence-corrected chi connectivity index (χ3v) is 2.51. The van der Waals surface area contributed by atoms with Crippen LogP contribution in [-0.2, 0) is 17.9 Å². The van der Waals surface area contributed by atoms with E-state index >= 15 is 0 Å². The van der Waals surface area contributed by atoms with Crippen LogP contribution in [0.1, 0.15) is 19.7 Å². The van der Waals surface area contributed by atoms with Crippen molar-refractivity contribution >= 4 is 18.1 Å². The molecule has 0 saturated carbocycles. The van der Waals surface area contributed by atoms with Gasteiger partial charge in [0.1, 0.15) is 6.61 Å². The summed E-state index contributed by atoms with van der Waals surface area (Å²) in [5, 5.41) is 15.4. The third-order valence-electron chi connectivity index (χ3n) is 2.20. The van der Waals surface area contributed by atoms with Crippen LogP contribution in [0.15, 0.2) is 0 Å². The molecule has 0 fully saturated rings. The number of primary amides is 1. The highest BCUT2D eigenvalue weighted by molar-refractivity contribution is 7.71. The van der Waals surface area contributed by atoms with E-state index in [1.807, 2.05) is 0 Å². The predicted octanol–water partition coefficient (Wildman–Crippen LogP) is -0.0555. The van der Waals surface area contributed by atoms with Gasteiger partial charge in [0.15, 0.2) is 10.6 Å². The van der Waals surface area contributed by atoms with Gasteiger partial charge in [-0.25, -0.2) is 0 Å². The molecule has 0 atom stereocenters. The van der Waals surface area contributed by atoms with Crippen molar-refractivity contribution in [3.63, 3.8) is 0 Å². The van der Waals surface area contributed by atoms with E-state index in [-0.39, 0.29) is 6.61 Å². The van der Waals surface area contributed by atoms with E-state index in [0.29, 0.717) is 17.1 Å². The van der Waals surface area contributed by atoms with Crippen LogP contribution >= 0.6 is 12.2 Å². The first-order valence-corrected chi connectivity index (χ1v) is 4.84. The molecule has 6 nitrogen and oxygen atoms in total. The Hall–Kier alpha value is -1.21. The highest BCUT2D eigenvalue weighted by atomic mass is 32.1. The molecule has 1 amide bonds. The maximum atomic E-state index is 11.1. The van der Waals surface area contributed by atoms with Crippen molar-refractivity contribution in [3.8, 4) is 0 Å². The second kappa shape index (κ2) is 4.11. The molecule has 0 aliphatic heterocycles. The minimum Gasteiger partial charge on any atom is -0.388 e. The monoisotopic (exact) mass is 230 g/mol.